The second-order valence-electron chi connectivity index (χ2n) is 5.30. The van der Waals surface area contributed by atoms with Gasteiger partial charge < -0.3 is 13.3 Å². The molecular formula is C11H28O3Si2. The molecule has 0 aliphatic carbocycles. The molecule has 1 unspecified atom stereocenters. The molecule has 16 heavy (non-hydrogen) atoms. The minimum atomic E-state index is -2.46. The van der Waals surface area contributed by atoms with Crippen molar-refractivity contribution in [3.05, 3.63) is 0 Å². The maximum absolute atomic E-state index is 5.99. The highest BCUT2D eigenvalue weighted by Gasteiger charge is 2.51. The predicted octanol–water partition coefficient (Wildman–Crippen LogP) is 3.30. The average molecular weight is 265 g/mol. The van der Waals surface area contributed by atoms with Gasteiger partial charge in [-0.1, -0.05) is 39.9 Å². The monoisotopic (exact) mass is 264 g/mol. The van der Waals surface area contributed by atoms with Gasteiger partial charge >= 0.3 is 8.80 Å². The normalized spacial score (nSPS) is 15.2. The van der Waals surface area contributed by atoms with Crippen molar-refractivity contribution in [1.82, 2.24) is 0 Å². The van der Waals surface area contributed by atoms with Gasteiger partial charge in [0.25, 0.3) is 0 Å². The van der Waals surface area contributed by atoms with E-state index < -0.39 is 16.9 Å². The minimum Gasteiger partial charge on any atom is -0.377 e. The van der Waals surface area contributed by atoms with Gasteiger partial charge in [-0.15, -0.1) is 0 Å². The van der Waals surface area contributed by atoms with Crippen molar-refractivity contribution in [2.75, 3.05) is 20.8 Å². The Bertz CT molecular complexity index is 188. The van der Waals surface area contributed by atoms with Gasteiger partial charge in [0.05, 0.1) is 8.07 Å². The quantitative estimate of drug-likeness (QED) is 0.497. The third kappa shape index (κ3) is 4.29. The van der Waals surface area contributed by atoms with E-state index >= 15 is 0 Å². The van der Waals surface area contributed by atoms with Crippen LogP contribution < -0.4 is 0 Å². The van der Waals surface area contributed by atoms with Crippen molar-refractivity contribution in [3.63, 3.8) is 0 Å². The Morgan fingerprint density at radius 3 is 1.88 bits per heavy atom. The van der Waals surface area contributed by atoms with Gasteiger partial charge in [-0.3, -0.25) is 0 Å². The van der Waals surface area contributed by atoms with Gasteiger partial charge in [-0.25, -0.2) is 0 Å². The largest absolute Gasteiger partial charge is 0.500 e. The van der Waals surface area contributed by atoms with E-state index in [0.29, 0.717) is 5.16 Å². The third-order valence-corrected chi connectivity index (χ3v) is 12.3. The summed E-state index contributed by atoms with van der Waals surface area (Å²) in [7, 11) is -0.328. The molecule has 0 bridgehead atoms. The molecule has 0 aromatic carbocycles. The summed E-state index contributed by atoms with van der Waals surface area (Å²) < 4.78 is 17.3. The Morgan fingerprint density at radius 2 is 1.56 bits per heavy atom. The third-order valence-electron chi connectivity index (χ3n) is 3.20. The molecule has 0 fully saturated rings. The fourth-order valence-corrected chi connectivity index (χ4v) is 8.56. The Kier molecular flexibility index (Phi) is 7.04. The molecule has 5 heteroatoms. The van der Waals surface area contributed by atoms with Gasteiger partial charge in [-0.05, 0) is 6.42 Å². The summed E-state index contributed by atoms with van der Waals surface area (Å²) in [5.74, 6) is 0. The Labute approximate surface area is 103 Å². The molecule has 0 saturated carbocycles. The zero-order valence-electron chi connectivity index (χ0n) is 11.9. The summed E-state index contributed by atoms with van der Waals surface area (Å²) in [6, 6.07) is 0. The molecule has 0 aliphatic heterocycles. The molecule has 0 radical (unpaired) electrons. The van der Waals surface area contributed by atoms with Crippen molar-refractivity contribution in [2.24, 2.45) is 0 Å². The number of unbranched alkanes of at least 4 members (excludes halogenated alkanes) is 1. The van der Waals surface area contributed by atoms with Gasteiger partial charge in [0.15, 0.2) is 0 Å². The second kappa shape index (κ2) is 6.91. The van der Waals surface area contributed by atoms with Crippen LogP contribution in [0.2, 0.25) is 24.8 Å². The average Bonchev–Trinajstić information content (AvgIpc) is 2.23. The van der Waals surface area contributed by atoms with Crippen LogP contribution in [-0.2, 0) is 13.3 Å². The lowest BCUT2D eigenvalue weighted by Crippen LogP contribution is -2.55. The fourth-order valence-electron chi connectivity index (χ4n) is 1.57. The predicted molar refractivity (Wildman–Crippen MR) is 73.4 cm³/mol. The number of hydrogen-bond acceptors (Lipinski definition) is 3. The first-order chi connectivity index (χ1) is 7.34. The summed E-state index contributed by atoms with van der Waals surface area (Å²) >= 11 is 0. The number of rotatable bonds is 8. The van der Waals surface area contributed by atoms with E-state index in [4.69, 9.17) is 13.3 Å². The molecule has 1 atom stereocenters. The van der Waals surface area contributed by atoms with Crippen LogP contribution in [0.4, 0.5) is 0 Å². The Balaban J connectivity index is 4.66. The lowest BCUT2D eigenvalue weighted by molar-refractivity contribution is 0.0940. The first kappa shape index (κ1) is 16.3. The van der Waals surface area contributed by atoms with Crippen LogP contribution in [0.3, 0.4) is 0 Å². The highest BCUT2D eigenvalue weighted by molar-refractivity contribution is 6.90. The van der Waals surface area contributed by atoms with Gasteiger partial charge in [0, 0.05) is 26.0 Å². The summed E-state index contributed by atoms with van der Waals surface area (Å²) in [6.45, 7) is 12.1. The van der Waals surface area contributed by atoms with Crippen LogP contribution in [0, 0.1) is 0 Å². The van der Waals surface area contributed by atoms with Crippen molar-refractivity contribution in [3.8, 4) is 0 Å². The molecule has 0 rings (SSSR count). The standard InChI is InChI=1S/C11H28O3Si2/c1-8-9-10-14-16(12-3,13-4)11(2)15(5,6)7/h11H,8-10H2,1-7H3. The highest BCUT2D eigenvalue weighted by Crippen LogP contribution is 2.33. The minimum absolute atomic E-state index is 0.423. The molecule has 98 valence electrons. The van der Waals surface area contributed by atoms with Crippen molar-refractivity contribution in [2.45, 2.75) is 51.5 Å². The lowest BCUT2D eigenvalue weighted by atomic mass is 10.4. The topological polar surface area (TPSA) is 27.7 Å². The maximum atomic E-state index is 5.99. The van der Waals surface area contributed by atoms with Crippen molar-refractivity contribution in [1.29, 1.82) is 0 Å². The zero-order valence-corrected chi connectivity index (χ0v) is 13.9. The van der Waals surface area contributed by atoms with E-state index in [-0.39, 0.29) is 0 Å². The zero-order chi connectivity index (χ0) is 12.8. The van der Waals surface area contributed by atoms with Crippen LogP contribution in [0.5, 0.6) is 0 Å². The molecule has 0 aromatic heterocycles. The summed E-state index contributed by atoms with van der Waals surface area (Å²) in [5.41, 5.74) is 0. The van der Waals surface area contributed by atoms with Crippen LogP contribution in [-0.4, -0.2) is 37.7 Å². The van der Waals surface area contributed by atoms with E-state index in [1.54, 1.807) is 14.2 Å². The van der Waals surface area contributed by atoms with Crippen LogP contribution in [0.15, 0.2) is 0 Å². The smallest absolute Gasteiger partial charge is 0.377 e. The molecule has 0 aliphatic rings. The van der Waals surface area contributed by atoms with E-state index in [1.807, 2.05) is 0 Å². The molecule has 3 nitrogen and oxygen atoms in total. The maximum Gasteiger partial charge on any atom is 0.500 e. The second-order valence-corrected chi connectivity index (χ2v) is 14.7. The van der Waals surface area contributed by atoms with E-state index in [9.17, 15) is 0 Å². The summed E-state index contributed by atoms with van der Waals surface area (Å²) in [4.78, 5) is 0. The lowest BCUT2D eigenvalue weighted by Gasteiger charge is -2.37. The van der Waals surface area contributed by atoms with E-state index in [0.717, 1.165) is 19.4 Å². The number of hydrogen-bond donors (Lipinski definition) is 0. The highest BCUT2D eigenvalue weighted by atomic mass is 28.4. The molecule has 0 spiro atoms. The summed E-state index contributed by atoms with van der Waals surface area (Å²) in [6.07, 6.45) is 2.21. The molecule has 0 amide bonds. The van der Waals surface area contributed by atoms with Crippen LogP contribution in [0.1, 0.15) is 26.7 Å². The van der Waals surface area contributed by atoms with Crippen LogP contribution >= 0.6 is 0 Å². The molecule has 0 N–H and O–H groups in total. The SMILES string of the molecule is CCCCO[Si](OC)(OC)C(C)[Si](C)(C)C. The Hall–Kier alpha value is 0.314. The molecule has 0 heterocycles. The molecule has 0 aromatic rings. The van der Waals surface area contributed by atoms with Gasteiger partial charge in [0.1, 0.15) is 0 Å². The van der Waals surface area contributed by atoms with Crippen molar-refractivity contribution >= 4 is 16.9 Å². The van der Waals surface area contributed by atoms with Crippen molar-refractivity contribution < 1.29 is 13.3 Å². The van der Waals surface area contributed by atoms with Gasteiger partial charge in [-0.2, -0.15) is 0 Å². The molecule has 0 saturated heterocycles. The van der Waals surface area contributed by atoms with Crippen LogP contribution in [0.25, 0.3) is 0 Å². The van der Waals surface area contributed by atoms with E-state index in [2.05, 4.69) is 33.5 Å². The Morgan fingerprint density at radius 1 is 1.06 bits per heavy atom. The van der Waals surface area contributed by atoms with Gasteiger partial charge in [0.2, 0.25) is 0 Å². The first-order valence-corrected chi connectivity index (χ1v) is 11.5. The first-order valence-electron chi connectivity index (χ1n) is 6.08. The fraction of sp³-hybridized carbons (Fsp3) is 1.00. The summed E-state index contributed by atoms with van der Waals surface area (Å²) in [5, 5.41) is 0.423. The molecular weight excluding hydrogens is 236 g/mol. The van der Waals surface area contributed by atoms with E-state index in [1.165, 1.54) is 0 Å².